The van der Waals surface area contributed by atoms with Gasteiger partial charge >= 0.3 is 0 Å². The summed E-state index contributed by atoms with van der Waals surface area (Å²) in [7, 11) is 1.54. The number of amides is 2. The highest BCUT2D eigenvalue weighted by Crippen LogP contribution is 2.31. The largest absolute Gasteiger partial charge is 0.495 e. The summed E-state index contributed by atoms with van der Waals surface area (Å²) in [5.74, 6) is 0.244. The molecule has 1 saturated heterocycles. The number of benzene rings is 2. The first-order valence-corrected chi connectivity index (χ1v) is 8.94. The Morgan fingerprint density at radius 3 is 2.65 bits per heavy atom. The maximum atomic E-state index is 13.2. The summed E-state index contributed by atoms with van der Waals surface area (Å²) >= 11 is 12.2. The number of carbonyl (C=O) groups excluding carboxylic acids is 2. The predicted octanol–water partition coefficient (Wildman–Crippen LogP) is 4.23. The average Bonchev–Trinajstić information content (AvgIpc) is 3.04. The number of anilines is 1. The van der Waals surface area contributed by atoms with Crippen molar-refractivity contribution in [2.75, 3.05) is 25.2 Å². The Bertz CT molecular complexity index is 841. The fraction of sp³-hybridized carbons (Fsp3) is 0.263. The number of hydrogen-bond acceptors (Lipinski definition) is 3. The number of para-hydroxylation sites is 2. The van der Waals surface area contributed by atoms with Crippen molar-refractivity contribution in [1.82, 2.24) is 4.90 Å². The van der Waals surface area contributed by atoms with Gasteiger partial charge in [-0.15, -0.1) is 0 Å². The number of halogens is 2. The zero-order valence-electron chi connectivity index (χ0n) is 14.2. The van der Waals surface area contributed by atoms with E-state index in [1.165, 1.54) is 18.1 Å². The highest BCUT2D eigenvalue weighted by Gasteiger charge is 2.28. The topological polar surface area (TPSA) is 49.9 Å². The van der Waals surface area contributed by atoms with Crippen LogP contribution < -0.4 is 9.64 Å². The van der Waals surface area contributed by atoms with Crippen LogP contribution in [0.15, 0.2) is 42.5 Å². The fourth-order valence-electron chi connectivity index (χ4n) is 2.94. The van der Waals surface area contributed by atoms with Crippen LogP contribution in [-0.4, -0.2) is 37.0 Å². The standard InChI is InChI=1S/C19H18Cl2N2O3/c1-26-17-6-3-2-5-16(17)23(12-22-10-4-7-18(22)24)19(25)14-9-8-13(20)11-15(14)21/h2-3,5-6,8-9,11H,4,7,10,12H2,1H3. The van der Waals surface area contributed by atoms with Crippen molar-refractivity contribution in [3.63, 3.8) is 0 Å². The molecule has 0 saturated carbocycles. The minimum atomic E-state index is -0.323. The van der Waals surface area contributed by atoms with Crippen LogP contribution in [0.4, 0.5) is 5.69 Å². The molecule has 5 nitrogen and oxygen atoms in total. The Morgan fingerprint density at radius 1 is 1.23 bits per heavy atom. The third kappa shape index (κ3) is 3.79. The van der Waals surface area contributed by atoms with E-state index >= 15 is 0 Å². The minimum Gasteiger partial charge on any atom is -0.495 e. The molecule has 136 valence electrons. The van der Waals surface area contributed by atoms with Gasteiger partial charge in [0.2, 0.25) is 5.91 Å². The van der Waals surface area contributed by atoms with E-state index in [1.54, 1.807) is 29.2 Å². The minimum absolute atomic E-state index is 0.0277. The zero-order valence-corrected chi connectivity index (χ0v) is 15.8. The Hall–Kier alpha value is -2.24. The molecule has 0 N–H and O–H groups in total. The molecule has 0 aliphatic carbocycles. The van der Waals surface area contributed by atoms with E-state index in [4.69, 9.17) is 27.9 Å². The first-order valence-electron chi connectivity index (χ1n) is 8.19. The van der Waals surface area contributed by atoms with Gasteiger partial charge in [0.25, 0.3) is 5.91 Å². The number of methoxy groups -OCH3 is 1. The molecule has 0 spiro atoms. The summed E-state index contributed by atoms with van der Waals surface area (Å²) in [6, 6.07) is 11.9. The number of ether oxygens (including phenoxy) is 1. The van der Waals surface area contributed by atoms with E-state index in [9.17, 15) is 9.59 Å². The smallest absolute Gasteiger partial charge is 0.261 e. The summed E-state index contributed by atoms with van der Waals surface area (Å²) in [5.41, 5.74) is 0.888. The van der Waals surface area contributed by atoms with Crippen LogP contribution >= 0.6 is 23.2 Å². The van der Waals surface area contributed by atoms with Crippen LogP contribution in [0.3, 0.4) is 0 Å². The number of hydrogen-bond donors (Lipinski definition) is 0. The molecule has 0 atom stereocenters. The lowest BCUT2D eigenvalue weighted by Gasteiger charge is -2.29. The van der Waals surface area contributed by atoms with Gasteiger partial charge in [0, 0.05) is 18.0 Å². The maximum absolute atomic E-state index is 13.2. The normalized spacial score (nSPS) is 13.8. The van der Waals surface area contributed by atoms with Gasteiger partial charge in [0.1, 0.15) is 12.4 Å². The third-order valence-electron chi connectivity index (χ3n) is 4.27. The molecule has 2 aromatic carbocycles. The Kier molecular flexibility index (Phi) is 5.69. The fourth-order valence-corrected chi connectivity index (χ4v) is 3.42. The zero-order chi connectivity index (χ0) is 18.7. The van der Waals surface area contributed by atoms with Gasteiger partial charge in [0.15, 0.2) is 0 Å². The van der Waals surface area contributed by atoms with E-state index in [0.29, 0.717) is 35.0 Å². The molecule has 0 bridgehead atoms. The second kappa shape index (κ2) is 7.98. The summed E-state index contributed by atoms with van der Waals surface area (Å²) < 4.78 is 5.40. The SMILES string of the molecule is COc1ccccc1N(CN1CCCC1=O)C(=O)c1ccc(Cl)cc1Cl. The van der Waals surface area contributed by atoms with Gasteiger partial charge in [-0.3, -0.25) is 14.5 Å². The molecule has 1 aliphatic rings. The van der Waals surface area contributed by atoms with Crippen molar-refractivity contribution in [2.45, 2.75) is 12.8 Å². The number of likely N-dealkylation sites (tertiary alicyclic amines) is 1. The van der Waals surface area contributed by atoms with E-state index in [1.807, 2.05) is 12.1 Å². The number of nitrogens with zero attached hydrogens (tertiary/aromatic N) is 2. The van der Waals surface area contributed by atoms with Gasteiger partial charge in [-0.1, -0.05) is 35.3 Å². The molecule has 7 heteroatoms. The quantitative estimate of drug-likeness (QED) is 0.764. The molecule has 2 aromatic rings. The van der Waals surface area contributed by atoms with Crippen molar-refractivity contribution in [1.29, 1.82) is 0 Å². The lowest BCUT2D eigenvalue weighted by atomic mass is 10.1. The molecule has 3 rings (SSSR count). The Balaban J connectivity index is 2.01. The van der Waals surface area contributed by atoms with Gasteiger partial charge in [-0.05, 0) is 36.8 Å². The molecular formula is C19H18Cl2N2O3. The van der Waals surface area contributed by atoms with Gasteiger partial charge in [-0.2, -0.15) is 0 Å². The molecule has 1 fully saturated rings. The highest BCUT2D eigenvalue weighted by molar-refractivity contribution is 6.37. The lowest BCUT2D eigenvalue weighted by Crippen LogP contribution is -2.42. The van der Waals surface area contributed by atoms with Crippen molar-refractivity contribution >= 4 is 40.7 Å². The van der Waals surface area contributed by atoms with Crippen molar-refractivity contribution in [2.24, 2.45) is 0 Å². The van der Waals surface area contributed by atoms with Crippen LogP contribution in [0.5, 0.6) is 5.75 Å². The highest BCUT2D eigenvalue weighted by atomic mass is 35.5. The lowest BCUT2D eigenvalue weighted by molar-refractivity contribution is -0.127. The maximum Gasteiger partial charge on any atom is 0.261 e. The van der Waals surface area contributed by atoms with E-state index < -0.39 is 0 Å². The summed E-state index contributed by atoms with van der Waals surface area (Å²) in [4.78, 5) is 28.5. The van der Waals surface area contributed by atoms with E-state index in [2.05, 4.69) is 0 Å². The Morgan fingerprint density at radius 2 is 2.00 bits per heavy atom. The van der Waals surface area contributed by atoms with Gasteiger partial charge < -0.3 is 9.64 Å². The average molecular weight is 393 g/mol. The molecule has 0 radical (unpaired) electrons. The molecule has 2 amide bonds. The predicted molar refractivity (Wildman–Crippen MR) is 102 cm³/mol. The molecule has 1 aliphatic heterocycles. The first kappa shape index (κ1) is 18.5. The van der Waals surface area contributed by atoms with E-state index in [-0.39, 0.29) is 23.5 Å². The van der Waals surface area contributed by atoms with Crippen LogP contribution in [0.25, 0.3) is 0 Å². The van der Waals surface area contributed by atoms with Crippen LogP contribution in [0.2, 0.25) is 10.0 Å². The van der Waals surface area contributed by atoms with E-state index in [0.717, 1.165) is 6.42 Å². The number of rotatable bonds is 5. The summed E-state index contributed by atoms with van der Waals surface area (Å²) in [5, 5.41) is 0.709. The second-order valence-corrected chi connectivity index (χ2v) is 6.77. The first-order chi connectivity index (χ1) is 12.5. The van der Waals surface area contributed by atoms with Crippen LogP contribution in [-0.2, 0) is 4.79 Å². The molecule has 26 heavy (non-hydrogen) atoms. The Labute approximate surface area is 162 Å². The number of carbonyl (C=O) groups is 2. The molecule has 0 aromatic heterocycles. The summed E-state index contributed by atoms with van der Waals surface area (Å²) in [6.45, 7) is 0.753. The van der Waals surface area contributed by atoms with Crippen LogP contribution in [0, 0.1) is 0 Å². The molecule has 1 heterocycles. The van der Waals surface area contributed by atoms with Crippen molar-refractivity contribution in [3.8, 4) is 5.75 Å². The monoisotopic (exact) mass is 392 g/mol. The summed E-state index contributed by atoms with van der Waals surface area (Å²) in [6.07, 6.45) is 1.28. The van der Waals surface area contributed by atoms with Crippen molar-refractivity contribution in [3.05, 3.63) is 58.1 Å². The molecule has 0 unspecified atom stereocenters. The second-order valence-electron chi connectivity index (χ2n) is 5.93. The van der Waals surface area contributed by atoms with Crippen LogP contribution in [0.1, 0.15) is 23.2 Å². The third-order valence-corrected chi connectivity index (χ3v) is 4.81. The van der Waals surface area contributed by atoms with Gasteiger partial charge in [0.05, 0.1) is 23.4 Å². The van der Waals surface area contributed by atoms with Crippen molar-refractivity contribution < 1.29 is 14.3 Å². The van der Waals surface area contributed by atoms with Gasteiger partial charge in [-0.25, -0.2) is 0 Å². The molecular weight excluding hydrogens is 375 g/mol.